The lowest BCUT2D eigenvalue weighted by atomic mass is 9.94. The van der Waals surface area contributed by atoms with Crippen molar-refractivity contribution in [3.8, 4) is 23.0 Å². The van der Waals surface area contributed by atoms with Crippen LogP contribution in [0, 0.1) is 0 Å². The predicted octanol–water partition coefficient (Wildman–Crippen LogP) is 4.84. The molecule has 4 aliphatic heterocycles. The fourth-order valence-corrected chi connectivity index (χ4v) is 7.19. The third-order valence-electron chi connectivity index (χ3n) is 9.94. The highest BCUT2D eigenvalue weighted by Crippen LogP contribution is 2.40. The van der Waals surface area contributed by atoms with E-state index in [1.807, 2.05) is 46.3 Å². The Labute approximate surface area is 300 Å². The van der Waals surface area contributed by atoms with E-state index in [0.29, 0.717) is 71.4 Å². The summed E-state index contributed by atoms with van der Waals surface area (Å²) in [4.78, 5) is 53.1. The van der Waals surface area contributed by atoms with Crippen molar-refractivity contribution >= 4 is 41.5 Å². The van der Waals surface area contributed by atoms with Crippen LogP contribution in [0.1, 0.15) is 43.0 Å². The number of ether oxygens (including phenoxy) is 4. The first-order valence-corrected chi connectivity index (χ1v) is 17.2. The van der Waals surface area contributed by atoms with Crippen LogP contribution in [0.2, 0.25) is 0 Å². The van der Waals surface area contributed by atoms with Gasteiger partial charge in [0.1, 0.15) is 6.61 Å². The Balaban J connectivity index is 0.884. The number of aliphatic imine (C=N–C) groups is 2. The summed E-state index contributed by atoms with van der Waals surface area (Å²) >= 11 is 0. The highest BCUT2D eigenvalue weighted by atomic mass is 16.5. The van der Waals surface area contributed by atoms with Crippen LogP contribution in [0.4, 0.5) is 11.4 Å². The molecule has 4 aromatic rings. The van der Waals surface area contributed by atoms with E-state index in [4.69, 9.17) is 18.9 Å². The molecule has 52 heavy (non-hydrogen) atoms. The molecule has 0 saturated heterocycles. The van der Waals surface area contributed by atoms with Gasteiger partial charge >= 0.3 is 0 Å². The van der Waals surface area contributed by atoms with Crippen molar-refractivity contribution in [1.82, 2.24) is 15.1 Å². The largest absolute Gasteiger partial charge is 0.493 e. The van der Waals surface area contributed by atoms with Crippen molar-refractivity contribution in [2.24, 2.45) is 9.98 Å². The molecular formula is C40H37N5O7. The van der Waals surface area contributed by atoms with Crippen LogP contribution in [0.15, 0.2) is 82.8 Å². The Morgan fingerprint density at radius 3 is 1.67 bits per heavy atom. The molecule has 4 heterocycles. The third-order valence-corrected chi connectivity index (χ3v) is 9.94. The number of carbonyl (C=O) groups is 3. The van der Waals surface area contributed by atoms with E-state index >= 15 is 0 Å². The van der Waals surface area contributed by atoms with Gasteiger partial charge in [0.05, 0.1) is 55.3 Å². The molecule has 2 atom stereocenters. The monoisotopic (exact) mass is 699 g/mol. The summed E-state index contributed by atoms with van der Waals surface area (Å²) in [6.07, 6.45) is 5.01. The van der Waals surface area contributed by atoms with Crippen molar-refractivity contribution in [3.63, 3.8) is 0 Å². The van der Waals surface area contributed by atoms with Crippen LogP contribution in [0.25, 0.3) is 0 Å². The molecule has 12 nitrogen and oxygen atoms in total. The fraction of sp³-hybridized carbons (Fsp3) is 0.275. The number of hydrogen-bond donors (Lipinski definition) is 1. The molecule has 0 saturated carbocycles. The molecule has 0 aromatic heterocycles. The van der Waals surface area contributed by atoms with Gasteiger partial charge in [0, 0.05) is 37.7 Å². The minimum absolute atomic E-state index is 0.115. The SMILES string of the molecule is COc1cc2c(cc1OCCNC(=O)COc1cc3c(cc1OC)C(=O)N1Cc4ccccc4C[C@H]1C=N3)N=C[C@@H]1Cc3ccccc3CN1C2=O. The summed E-state index contributed by atoms with van der Waals surface area (Å²) in [5.74, 6) is 0.791. The van der Waals surface area contributed by atoms with Crippen molar-refractivity contribution in [3.05, 3.63) is 106 Å². The fourth-order valence-electron chi connectivity index (χ4n) is 7.19. The second-order valence-electron chi connectivity index (χ2n) is 13.0. The zero-order chi connectivity index (χ0) is 35.8. The molecule has 1 N–H and O–H groups in total. The van der Waals surface area contributed by atoms with Gasteiger partial charge in [0.2, 0.25) is 0 Å². The maximum absolute atomic E-state index is 13.7. The molecular weight excluding hydrogens is 662 g/mol. The van der Waals surface area contributed by atoms with E-state index in [9.17, 15) is 14.4 Å². The highest BCUT2D eigenvalue weighted by molar-refractivity contribution is 6.04. The summed E-state index contributed by atoms with van der Waals surface area (Å²) in [6.45, 7) is 1.02. The number of rotatable bonds is 9. The number of amides is 3. The first kappa shape index (κ1) is 33.0. The molecule has 4 aliphatic rings. The Kier molecular flexibility index (Phi) is 8.80. The lowest BCUT2D eigenvalue weighted by Crippen LogP contribution is -2.44. The van der Waals surface area contributed by atoms with Crippen molar-refractivity contribution < 1.29 is 33.3 Å². The topological polar surface area (TPSA) is 131 Å². The van der Waals surface area contributed by atoms with Gasteiger partial charge in [0.15, 0.2) is 29.6 Å². The summed E-state index contributed by atoms with van der Waals surface area (Å²) in [6, 6.07) is 22.6. The number of methoxy groups -OCH3 is 2. The van der Waals surface area contributed by atoms with Crippen LogP contribution >= 0.6 is 0 Å². The summed E-state index contributed by atoms with van der Waals surface area (Å²) in [5.41, 5.74) is 6.48. The van der Waals surface area contributed by atoms with Gasteiger partial charge in [-0.2, -0.15) is 0 Å². The lowest BCUT2D eigenvalue weighted by molar-refractivity contribution is -0.123. The zero-order valence-electron chi connectivity index (χ0n) is 28.8. The maximum Gasteiger partial charge on any atom is 0.258 e. The first-order valence-electron chi connectivity index (χ1n) is 17.2. The van der Waals surface area contributed by atoms with Gasteiger partial charge in [0.25, 0.3) is 17.7 Å². The van der Waals surface area contributed by atoms with Crippen LogP contribution in [-0.4, -0.2) is 86.0 Å². The smallest absolute Gasteiger partial charge is 0.258 e. The van der Waals surface area contributed by atoms with Gasteiger partial charge < -0.3 is 34.1 Å². The Morgan fingerprint density at radius 2 is 1.17 bits per heavy atom. The van der Waals surface area contributed by atoms with E-state index in [0.717, 1.165) is 11.1 Å². The molecule has 0 unspecified atom stereocenters. The molecule has 0 radical (unpaired) electrons. The number of benzene rings is 4. The molecule has 3 amide bonds. The van der Waals surface area contributed by atoms with E-state index in [-0.39, 0.29) is 49.6 Å². The maximum atomic E-state index is 13.7. The Morgan fingerprint density at radius 1 is 0.692 bits per heavy atom. The highest BCUT2D eigenvalue weighted by Gasteiger charge is 2.35. The van der Waals surface area contributed by atoms with Crippen LogP contribution in [0.5, 0.6) is 23.0 Å². The van der Waals surface area contributed by atoms with E-state index in [1.165, 1.54) is 25.3 Å². The summed E-state index contributed by atoms with van der Waals surface area (Å²) in [7, 11) is 3.00. The minimum Gasteiger partial charge on any atom is -0.493 e. The average Bonchev–Trinajstić information content (AvgIpc) is 3.39. The van der Waals surface area contributed by atoms with Gasteiger partial charge in [-0.1, -0.05) is 48.5 Å². The predicted molar refractivity (Wildman–Crippen MR) is 194 cm³/mol. The molecule has 0 fully saturated rings. The number of nitrogens with zero attached hydrogens (tertiary/aromatic N) is 4. The van der Waals surface area contributed by atoms with Gasteiger partial charge in [-0.15, -0.1) is 0 Å². The van der Waals surface area contributed by atoms with E-state index in [2.05, 4.69) is 33.5 Å². The molecule has 4 aromatic carbocycles. The average molecular weight is 700 g/mol. The number of hydrogen-bond acceptors (Lipinski definition) is 9. The van der Waals surface area contributed by atoms with Crippen molar-refractivity contribution in [1.29, 1.82) is 0 Å². The molecule has 8 rings (SSSR count). The molecule has 0 spiro atoms. The Hall–Kier alpha value is -6.17. The second-order valence-corrected chi connectivity index (χ2v) is 13.0. The lowest BCUT2D eigenvalue weighted by Gasteiger charge is -2.34. The number of carbonyl (C=O) groups excluding carboxylic acids is 3. The number of fused-ring (bicyclic) bond motifs is 6. The summed E-state index contributed by atoms with van der Waals surface area (Å²) < 4.78 is 23.0. The van der Waals surface area contributed by atoms with Crippen molar-refractivity contribution in [2.75, 3.05) is 34.0 Å². The van der Waals surface area contributed by atoms with Crippen molar-refractivity contribution in [2.45, 2.75) is 38.0 Å². The van der Waals surface area contributed by atoms with Crippen LogP contribution < -0.4 is 24.3 Å². The first-order chi connectivity index (χ1) is 25.4. The van der Waals surface area contributed by atoms with Gasteiger partial charge in [-0.05, 0) is 47.2 Å². The van der Waals surface area contributed by atoms with Gasteiger partial charge in [-0.3, -0.25) is 24.4 Å². The molecule has 12 heteroatoms. The summed E-state index contributed by atoms with van der Waals surface area (Å²) in [5, 5.41) is 2.79. The molecule has 0 aliphatic carbocycles. The van der Waals surface area contributed by atoms with Crippen LogP contribution in [0.3, 0.4) is 0 Å². The normalized spacial score (nSPS) is 18.0. The second kappa shape index (κ2) is 13.9. The van der Waals surface area contributed by atoms with Crippen LogP contribution in [-0.2, 0) is 30.7 Å². The molecule has 264 valence electrons. The van der Waals surface area contributed by atoms with Gasteiger partial charge in [-0.25, -0.2) is 0 Å². The third kappa shape index (κ3) is 6.21. The quantitative estimate of drug-likeness (QED) is 0.248. The standard InChI is InChI=1S/C40H37N5O7/c1-49-34-15-30-32(42-19-28-13-24-7-3-5-9-26(24)21-44(28)39(30)47)17-36(34)51-12-11-41-38(46)23-52-37-18-33-31(16-35(37)50-2)40(48)45-22-27-10-6-4-8-25(27)14-29(45)20-43-33/h3-10,15-20,28-29H,11-14,21-23H2,1-2H3,(H,41,46)/t28-,29-/m0/s1. The Bertz CT molecular complexity index is 2150. The number of nitrogens with one attached hydrogen (secondary N) is 1. The molecule has 0 bridgehead atoms. The zero-order valence-corrected chi connectivity index (χ0v) is 28.8. The van der Waals surface area contributed by atoms with E-state index in [1.54, 1.807) is 30.5 Å². The minimum atomic E-state index is -0.378. The van der Waals surface area contributed by atoms with E-state index < -0.39 is 0 Å².